The van der Waals surface area contributed by atoms with Crippen LogP contribution in [0, 0.1) is 0 Å². The van der Waals surface area contributed by atoms with Gasteiger partial charge in [0.25, 0.3) is 0 Å². The molecule has 0 unspecified atom stereocenters. The molecule has 3 aromatic rings. The van der Waals surface area contributed by atoms with Gasteiger partial charge in [-0.1, -0.05) is 29.4 Å². The van der Waals surface area contributed by atoms with Crippen LogP contribution in [0.2, 0.25) is 5.02 Å². The van der Waals surface area contributed by atoms with Crippen molar-refractivity contribution in [1.29, 1.82) is 0 Å². The van der Waals surface area contributed by atoms with Crippen LogP contribution in [-0.4, -0.2) is 39.5 Å². The predicted molar refractivity (Wildman–Crippen MR) is 123 cm³/mol. The van der Waals surface area contributed by atoms with Crippen LogP contribution in [0.4, 0.5) is 5.69 Å². The van der Waals surface area contributed by atoms with Gasteiger partial charge in [0.1, 0.15) is 12.4 Å². The lowest BCUT2D eigenvalue weighted by Crippen LogP contribution is -2.15. The third-order valence-electron chi connectivity index (χ3n) is 4.21. The van der Waals surface area contributed by atoms with Crippen molar-refractivity contribution < 1.29 is 19.1 Å². The van der Waals surface area contributed by atoms with E-state index in [1.54, 1.807) is 54.6 Å². The summed E-state index contributed by atoms with van der Waals surface area (Å²) in [6.45, 7) is 4.46. The molecular formula is C22H21ClN4O4S. The van der Waals surface area contributed by atoms with Gasteiger partial charge in [-0.25, -0.2) is 4.79 Å². The zero-order chi connectivity index (χ0) is 22.9. The van der Waals surface area contributed by atoms with E-state index >= 15 is 0 Å². The number of anilines is 1. The summed E-state index contributed by atoms with van der Waals surface area (Å²) < 4.78 is 12.2. The Hall–Kier alpha value is -3.30. The van der Waals surface area contributed by atoms with Crippen LogP contribution in [0.1, 0.15) is 16.2 Å². The standard InChI is InChI=1S/C22H21ClN4O4S/c1-3-12-27-19(13-31-18-10-6-16(23)7-11-18)25-26-22(27)32-14-20(28)24-17-8-4-15(5-9-17)21(29)30-2/h3-11H,1,12-14H2,2H3,(H,24,28). The van der Waals surface area contributed by atoms with Crippen LogP contribution in [0.15, 0.2) is 66.3 Å². The molecule has 0 aliphatic heterocycles. The van der Waals surface area contributed by atoms with Crippen LogP contribution in [0.3, 0.4) is 0 Å². The monoisotopic (exact) mass is 472 g/mol. The minimum Gasteiger partial charge on any atom is -0.486 e. The molecule has 0 atom stereocenters. The van der Waals surface area contributed by atoms with E-state index in [9.17, 15) is 9.59 Å². The second kappa shape index (κ2) is 11.4. The summed E-state index contributed by atoms with van der Waals surface area (Å²) in [5.41, 5.74) is 0.985. The lowest BCUT2D eigenvalue weighted by molar-refractivity contribution is -0.113. The Morgan fingerprint density at radius 2 is 1.88 bits per heavy atom. The molecular weight excluding hydrogens is 452 g/mol. The normalized spacial score (nSPS) is 10.4. The number of nitrogens with one attached hydrogen (secondary N) is 1. The van der Waals surface area contributed by atoms with Gasteiger partial charge in [-0.15, -0.1) is 16.8 Å². The summed E-state index contributed by atoms with van der Waals surface area (Å²) >= 11 is 7.14. The van der Waals surface area contributed by atoms with Crippen molar-refractivity contribution in [1.82, 2.24) is 14.8 Å². The molecule has 10 heteroatoms. The van der Waals surface area contributed by atoms with Crippen LogP contribution < -0.4 is 10.1 Å². The van der Waals surface area contributed by atoms with Gasteiger partial charge in [0.2, 0.25) is 5.91 Å². The number of amides is 1. The molecule has 1 amide bonds. The smallest absolute Gasteiger partial charge is 0.337 e. The number of rotatable bonds is 10. The van der Waals surface area contributed by atoms with Crippen LogP contribution in [0.25, 0.3) is 0 Å². The number of thioether (sulfide) groups is 1. The summed E-state index contributed by atoms with van der Waals surface area (Å²) in [5.74, 6) is 0.755. The van der Waals surface area contributed by atoms with E-state index in [0.29, 0.717) is 39.5 Å². The number of hydrogen-bond acceptors (Lipinski definition) is 7. The number of hydrogen-bond donors (Lipinski definition) is 1. The molecule has 32 heavy (non-hydrogen) atoms. The van der Waals surface area contributed by atoms with E-state index in [4.69, 9.17) is 16.3 Å². The molecule has 0 aliphatic rings. The molecule has 1 heterocycles. The zero-order valence-electron chi connectivity index (χ0n) is 17.3. The quantitative estimate of drug-likeness (QED) is 0.268. The SMILES string of the molecule is C=CCn1c(COc2ccc(Cl)cc2)nnc1SCC(=O)Nc1ccc(C(=O)OC)cc1. The number of esters is 1. The Labute approximate surface area is 194 Å². The molecule has 0 saturated heterocycles. The molecule has 1 aromatic heterocycles. The highest BCUT2D eigenvalue weighted by Crippen LogP contribution is 2.20. The maximum atomic E-state index is 12.3. The van der Waals surface area contributed by atoms with Gasteiger partial charge < -0.3 is 14.8 Å². The van der Waals surface area contributed by atoms with Crippen molar-refractivity contribution in [3.05, 3.63) is 77.6 Å². The highest BCUT2D eigenvalue weighted by atomic mass is 35.5. The highest BCUT2D eigenvalue weighted by molar-refractivity contribution is 7.99. The van der Waals surface area contributed by atoms with Gasteiger partial charge in [0.05, 0.1) is 18.4 Å². The fourth-order valence-corrected chi connectivity index (χ4v) is 3.55. The van der Waals surface area contributed by atoms with Gasteiger partial charge in [-0.05, 0) is 48.5 Å². The van der Waals surface area contributed by atoms with Gasteiger partial charge in [-0.2, -0.15) is 0 Å². The van der Waals surface area contributed by atoms with E-state index in [1.807, 2.05) is 4.57 Å². The number of methoxy groups -OCH3 is 1. The summed E-state index contributed by atoms with van der Waals surface area (Å²) in [6, 6.07) is 13.5. The zero-order valence-corrected chi connectivity index (χ0v) is 18.9. The first-order valence-electron chi connectivity index (χ1n) is 9.52. The van der Waals surface area contributed by atoms with Gasteiger partial charge in [0.15, 0.2) is 11.0 Å². The number of carbonyl (C=O) groups excluding carboxylic acids is 2. The third-order valence-corrected chi connectivity index (χ3v) is 5.43. The Bertz CT molecular complexity index is 1080. The summed E-state index contributed by atoms with van der Waals surface area (Å²) in [6.07, 6.45) is 1.72. The number of allylic oxidation sites excluding steroid dienone is 1. The Balaban J connectivity index is 1.57. The minimum absolute atomic E-state index is 0.131. The van der Waals surface area contributed by atoms with Crippen molar-refractivity contribution in [3.8, 4) is 5.75 Å². The molecule has 1 N–H and O–H groups in total. The van der Waals surface area contributed by atoms with Crippen molar-refractivity contribution in [2.24, 2.45) is 0 Å². The molecule has 0 saturated carbocycles. The van der Waals surface area contributed by atoms with E-state index in [-0.39, 0.29) is 18.3 Å². The van der Waals surface area contributed by atoms with E-state index < -0.39 is 5.97 Å². The maximum absolute atomic E-state index is 12.3. The van der Waals surface area contributed by atoms with Crippen LogP contribution >= 0.6 is 23.4 Å². The number of carbonyl (C=O) groups is 2. The number of nitrogens with zero attached hydrogens (tertiary/aromatic N) is 3. The van der Waals surface area contributed by atoms with Crippen molar-refractivity contribution in [3.63, 3.8) is 0 Å². The lowest BCUT2D eigenvalue weighted by atomic mass is 10.2. The summed E-state index contributed by atoms with van der Waals surface area (Å²) in [7, 11) is 1.32. The van der Waals surface area contributed by atoms with Gasteiger partial charge >= 0.3 is 5.97 Å². The second-order valence-corrected chi connectivity index (χ2v) is 7.83. The van der Waals surface area contributed by atoms with E-state index in [1.165, 1.54) is 18.9 Å². The fraction of sp³-hybridized carbons (Fsp3) is 0.182. The van der Waals surface area contributed by atoms with Gasteiger partial charge in [-0.3, -0.25) is 9.36 Å². The maximum Gasteiger partial charge on any atom is 0.337 e. The molecule has 8 nitrogen and oxygen atoms in total. The summed E-state index contributed by atoms with van der Waals surface area (Å²) in [4.78, 5) is 23.8. The number of halogens is 1. The molecule has 166 valence electrons. The average Bonchev–Trinajstić information content (AvgIpc) is 3.19. The highest BCUT2D eigenvalue weighted by Gasteiger charge is 2.14. The van der Waals surface area contributed by atoms with Gasteiger partial charge in [0, 0.05) is 17.3 Å². The number of aromatic nitrogens is 3. The first-order valence-corrected chi connectivity index (χ1v) is 10.9. The minimum atomic E-state index is -0.434. The number of benzene rings is 2. The molecule has 2 aromatic carbocycles. The first-order chi connectivity index (χ1) is 15.5. The van der Waals surface area contributed by atoms with E-state index in [0.717, 1.165) is 0 Å². The topological polar surface area (TPSA) is 95.3 Å². The number of ether oxygens (including phenoxy) is 2. The Morgan fingerprint density at radius 1 is 1.16 bits per heavy atom. The van der Waals surface area contributed by atoms with Crippen LogP contribution in [0.5, 0.6) is 5.75 Å². The molecule has 0 fully saturated rings. The molecule has 0 radical (unpaired) electrons. The summed E-state index contributed by atoms with van der Waals surface area (Å²) in [5, 5.41) is 12.3. The first kappa shape index (κ1) is 23.4. The third kappa shape index (κ3) is 6.35. The van der Waals surface area contributed by atoms with Crippen molar-refractivity contribution in [2.45, 2.75) is 18.3 Å². The van der Waals surface area contributed by atoms with Crippen molar-refractivity contribution >= 4 is 40.9 Å². The predicted octanol–water partition coefficient (Wildman–Crippen LogP) is 4.21. The van der Waals surface area contributed by atoms with Crippen molar-refractivity contribution in [2.75, 3.05) is 18.2 Å². The molecule has 0 bridgehead atoms. The largest absolute Gasteiger partial charge is 0.486 e. The Kier molecular flexibility index (Phi) is 8.29. The second-order valence-electron chi connectivity index (χ2n) is 6.45. The average molecular weight is 473 g/mol. The fourth-order valence-electron chi connectivity index (χ4n) is 2.66. The Morgan fingerprint density at radius 3 is 2.53 bits per heavy atom. The molecule has 0 spiro atoms. The molecule has 3 rings (SSSR count). The van der Waals surface area contributed by atoms with Crippen LogP contribution in [-0.2, 0) is 22.7 Å². The van der Waals surface area contributed by atoms with E-state index in [2.05, 4.69) is 26.8 Å². The lowest BCUT2D eigenvalue weighted by Gasteiger charge is -2.09. The molecule has 0 aliphatic carbocycles.